The van der Waals surface area contributed by atoms with Crippen molar-refractivity contribution in [2.24, 2.45) is 0 Å². The summed E-state index contributed by atoms with van der Waals surface area (Å²) in [5.41, 5.74) is 3.72. The van der Waals surface area contributed by atoms with Gasteiger partial charge in [0.25, 0.3) is 0 Å². The van der Waals surface area contributed by atoms with Crippen LogP contribution in [0.5, 0.6) is 0 Å². The summed E-state index contributed by atoms with van der Waals surface area (Å²) in [7, 11) is 0. The van der Waals surface area contributed by atoms with Gasteiger partial charge in [0, 0.05) is 27.6 Å². The molecule has 3 nitrogen and oxygen atoms in total. The first kappa shape index (κ1) is 14.0. The number of nitrogens with zero attached hydrogens (tertiary/aromatic N) is 3. The third-order valence-corrected chi connectivity index (χ3v) is 3.31. The molecule has 0 unspecified atom stereocenters. The Morgan fingerprint density at radius 2 is 1.70 bits per heavy atom. The topological polar surface area (TPSA) is 50.8 Å². The zero-order chi connectivity index (χ0) is 14.7. The van der Waals surface area contributed by atoms with Crippen LogP contribution in [-0.2, 0) is 0 Å². The third-order valence-electron chi connectivity index (χ3n) is 3.03. The van der Waals surface area contributed by atoms with Crippen molar-refractivity contribution in [3.8, 4) is 12.1 Å². The van der Waals surface area contributed by atoms with Crippen LogP contribution in [0.4, 0.5) is 5.69 Å². The number of rotatable bonds is 1. The van der Waals surface area contributed by atoms with Crippen LogP contribution in [0.15, 0.2) is 63.9 Å². The molecule has 0 N–H and O–H groups in total. The number of hydrogen-bond acceptors (Lipinski definition) is 4. The standard InChI is InChI=1S/C16H13N3S/c1-11-6-13(14(9-17)10-18)7-12(2)19(11)15-4-3-5-16(20)8-15/h3-8,20H,1-2H3. The van der Waals surface area contributed by atoms with Gasteiger partial charge in [0.1, 0.15) is 17.7 Å². The molecule has 0 atom stereocenters. The molecule has 20 heavy (non-hydrogen) atoms. The zero-order valence-electron chi connectivity index (χ0n) is 11.3. The minimum absolute atomic E-state index is 0.131. The second kappa shape index (κ2) is 5.69. The Kier molecular flexibility index (Phi) is 3.98. The molecule has 1 aromatic rings. The van der Waals surface area contributed by atoms with Gasteiger partial charge in [0.05, 0.1) is 0 Å². The number of benzene rings is 1. The maximum Gasteiger partial charge on any atom is 0.137 e. The van der Waals surface area contributed by atoms with Crippen LogP contribution in [-0.4, -0.2) is 0 Å². The lowest BCUT2D eigenvalue weighted by atomic mass is 10.0. The van der Waals surface area contributed by atoms with E-state index < -0.39 is 0 Å². The van der Waals surface area contributed by atoms with Crippen molar-refractivity contribution < 1.29 is 0 Å². The maximum atomic E-state index is 8.96. The number of hydrogen-bond donors (Lipinski definition) is 1. The molecule has 1 heterocycles. The van der Waals surface area contributed by atoms with Crippen LogP contribution in [0.1, 0.15) is 13.8 Å². The van der Waals surface area contributed by atoms with E-state index in [1.165, 1.54) is 0 Å². The van der Waals surface area contributed by atoms with Gasteiger partial charge in [-0.1, -0.05) is 6.07 Å². The fourth-order valence-electron chi connectivity index (χ4n) is 2.24. The van der Waals surface area contributed by atoms with Gasteiger partial charge >= 0.3 is 0 Å². The fourth-order valence-corrected chi connectivity index (χ4v) is 2.46. The van der Waals surface area contributed by atoms with Crippen molar-refractivity contribution in [1.82, 2.24) is 0 Å². The lowest BCUT2D eigenvalue weighted by Crippen LogP contribution is -2.21. The van der Waals surface area contributed by atoms with E-state index in [0.717, 1.165) is 22.0 Å². The van der Waals surface area contributed by atoms with Gasteiger partial charge in [-0.25, -0.2) is 0 Å². The Morgan fingerprint density at radius 3 is 2.20 bits per heavy atom. The van der Waals surface area contributed by atoms with Gasteiger partial charge in [0.2, 0.25) is 0 Å². The Morgan fingerprint density at radius 1 is 1.10 bits per heavy atom. The normalized spacial score (nSPS) is 14.1. The highest BCUT2D eigenvalue weighted by molar-refractivity contribution is 7.80. The van der Waals surface area contributed by atoms with Crippen molar-refractivity contribution in [2.45, 2.75) is 18.7 Å². The van der Waals surface area contributed by atoms with E-state index in [9.17, 15) is 0 Å². The minimum Gasteiger partial charge on any atom is -0.318 e. The van der Waals surface area contributed by atoms with Crippen molar-refractivity contribution in [1.29, 1.82) is 10.5 Å². The van der Waals surface area contributed by atoms with Gasteiger partial charge in [-0.05, 0) is 44.2 Å². The van der Waals surface area contributed by atoms with E-state index in [-0.39, 0.29) is 5.57 Å². The highest BCUT2D eigenvalue weighted by Gasteiger charge is 2.17. The predicted octanol–water partition coefficient (Wildman–Crippen LogP) is 3.95. The molecule has 4 heteroatoms. The maximum absolute atomic E-state index is 8.96. The van der Waals surface area contributed by atoms with Crippen LogP contribution >= 0.6 is 12.6 Å². The lowest BCUT2D eigenvalue weighted by Gasteiger charge is -2.30. The van der Waals surface area contributed by atoms with E-state index in [1.807, 2.05) is 62.4 Å². The molecule has 1 aliphatic heterocycles. The summed E-state index contributed by atoms with van der Waals surface area (Å²) in [6.07, 6.45) is 3.69. The summed E-state index contributed by atoms with van der Waals surface area (Å²) in [6, 6.07) is 11.7. The Labute approximate surface area is 124 Å². The number of thiol groups is 1. The van der Waals surface area contributed by atoms with Gasteiger partial charge in [-0.15, -0.1) is 12.6 Å². The van der Waals surface area contributed by atoms with Crippen LogP contribution in [0.2, 0.25) is 0 Å². The van der Waals surface area contributed by atoms with Gasteiger partial charge < -0.3 is 4.90 Å². The zero-order valence-corrected chi connectivity index (χ0v) is 12.1. The van der Waals surface area contributed by atoms with E-state index in [1.54, 1.807) is 0 Å². The van der Waals surface area contributed by atoms with Crippen molar-refractivity contribution in [3.63, 3.8) is 0 Å². The number of anilines is 1. The molecule has 0 fully saturated rings. The van der Waals surface area contributed by atoms with Gasteiger partial charge in [0.15, 0.2) is 0 Å². The predicted molar refractivity (Wildman–Crippen MR) is 81.9 cm³/mol. The first-order valence-corrected chi connectivity index (χ1v) is 6.51. The first-order chi connectivity index (χ1) is 9.56. The monoisotopic (exact) mass is 279 g/mol. The van der Waals surface area contributed by atoms with Crippen LogP contribution in [0, 0.1) is 22.7 Å². The Balaban J connectivity index is 2.51. The quantitative estimate of drug-likeness (QED) is 0.625. The molecule has 0 radical (unpaired) electrons. The van der Waals surface area contributed by atoms with Crippen LogP contribution in [0.25, 0.3) is 0 Å². The van der Waals surface area contributed by atoms with E-state index >= 15 is 0 Å². The molecule has 0 aromatic heterocycles. The fraction of sp³-hybridized carbons (Fsp3) is 0.125. The molecular formula is C16H13N3S. The van der Waals surface area contributed by atoms with Gasteiger partial charge in [-0.2, -0.15) is 10.5 Å². The van der Waals surface area contributed by atoms with E-state index in [0.29, 0.717) is 5.57 Å². The SMILES string of the molecule is CC1=CC(=C(C#N)C#N)C=C(C)N1c1cccc(S)c1. The first-order valence-electron chi connectivity index (χ1n) is 6.07. The average molecular weight is 279 g/mol. The average Bonchev–Trinajstić information content (AvgIpc) is 2.39. The summed E-state index contributed by atoms with van der Waals surface area (Å²) in [4.78, 5) is 2.95. The molecule has 0 amide bonds. The molecule has 0 saturated carbocycles. The smallest absolute Gasteiger partial charge is 0.137 e. The number of allylic oxidation sites excluding steroid dienone is 6. The second-order valence-electron chi connectivity index (χ2n) is 4.48. The summed E-state index contributed by atoms with van der Waals surface area (Å²) >= 11 is 4.35. The highest BCUT2D eigenvalue weighted by atomic mass is 32.1. The molecule has 0 spiro atoms. The third kappa shape index (κ3) is 2.61. The molecule has 2 rings (SSSR count). The van der Waals surface area contributed by atoms with E-state index in [2.05, 4.69) is 17.5 Å². The molecule has 1 aromatic carbocycles. The summed E-state index contributed by atoms with van der Waals surface area (Å²) in [5, 5.41) is 17.9. The van der Waals surface area contributed by atoms with E-state index in [4.69, 9.17) is 10.5 Å². The molecular weight excluding hydrogens is 266 g/mol. The molecule has 0 aliphatic carbocycles. The summed E-state index contributed by atoms with van der Waals surface area (Å²) in [6.45, 7) is 3.90. The Bertz CT molecular complexity index is 689. The Hall–Kier alpha value is -2.43. The molecule has 1 aliphatic rings. The van der Waals surface area contributed by atoms with Crippen molar-refractivity contribution in [2.75, 3.05) is 4.90 Å². The molecule has 0 bridgehead atoms. The summed E-state index contributed by atoms with van der Waals surface area (Å²) in [5.74, 6) is 0. The number of nitriles is 2. The summed E-state index contributed by atoms with van der Waals surface area (Å²) < 4.78 is 0. The van der Waals surface area contributed by atoms with Gasteiger partial charge in [-0.3, -0.25) is 0 Å². The second-order valence-corrected chi connectivity index (χ2v) is 5.00. The molecule has 98 valence electrons. The highest BCUT2D eigenvalue weighted by Crippen LogP contribution is 2.31. The van der Waals surface area contributed by atoms with Crippen LogP contribution < -0.4 is 4.90 Å². The lowest BCUT2D eigenvalue weighted by molar-refractivity contribution is 1.03. The van der Waals surface area contributed by atoms with Crippen LogP contribution in [0.3, 0.4) is 0 Å². The molecule has 0 saturated heterocycles. The largest absolute Gasteiger partial charge is 0.318 e. The van der Waals surface area contributed by atoms with Crippen molar-refractivity contribution in [3.05, 3.63) is 59.0 Å². The minimum atomic E-state index is 0.131. The van der Waals surface area contributed by atoms with Crippen molar-refractivity contribution >= 4 is 18.3 Å².